The fourth-order valence-electron chi connectivity index (χ4n) is 12.7. The highest BCUT2D eigenvalue weighted by Gasteiger charge is 2.30. The summed E-state index contributed by atoms with van der Waals surface area (Å²) in [4.78, 5) is 73.1. The second-order valence-corrected chi connectivity index (χ2v) is 33.4. The minimum atomic E-state index is -4.96. The normalized spacial score (nSPS) is 13.9. The molecule has 0 aliphatic rings. The smallest absolute Gasteiger partial charge is 0.462 e. The van der Waals surface area contributed by atoms with E-state index in [1.807, 2.05) is 0 Å². The van der Waals surface area contributed by atoms with Gasteiger partial charge in [0.25, 0.3) is 0 Å². The Morgan fingerprint density at radius 2 is 0.455 bits per heavy atom. The van der Waals surface area contributed by atoms with E-state index in [9.17, 15) is 43.2 Å². The SMILES string of the molecule is CCCCCCCCCCCCCCCCCCCCCC(=O)O[C@H](COC(=O)CCCCCCCCCCCCCCC(C)C)COP(=O)(O)OC[C@@H](O)COP(=O)(O)OC[C@@H](COC(=O)CCCCCCCCCCCCC(C)C)OC(=O)CCCCCCCCCCCCCCCC. The van der Waals surface area contributed by atoms with E-state index in [1.54, 1.807) is 0 Å². The Hall–Kier alpha value is -1.94. The van der Waals surface area contributed by atoms with Crippen LogP contribution in [0.4, 0.5) is 0 Å². The lowest BCUT2D eigenvalue weighted by molar-refractivity contribution is -0.161. The summed E-state index contributed by atoms with van der Waals surface area (Å²) in [6.07, 6.45) is 63.7. The van der Waals surface area contributed by atoms with Crippen molar-refractivity contribution in [2.75, 3.05) is 39.6 Å². The van der Waals surface area contributed by atoms with Gasteiger partial charge in [-0.05, 0) is 37.5 Å². The monoisotopic (exact) mass is 1480 g/mol. The average Bonchev–Trinajstić information content (AvgIpc) is 1.25. The molecule has 0 aliphatic carbocycles. The van der Waals surface area contributed by atoms with Crippen LogP contribution in [0.25, 0.3) is 0 Å². The lowest BCUT2D eigenvalue weighted by atomic mass is 10.0. The molecule has 600 valence electrons. The number of phosphoric ester groups is 2. The van der Waals surface area contributed by atoms with Gasteiger partial charge in [0.05, 0.1) is 26.4 Å². The predicted molar refractivity (Wildman–Crippen MR) is 414 cm³/mol. The van der Waals surface area contributed by atoms with E-state index in [0.717, 1.165) is 102 Å². The van der Waals surface area contributed by atoms with Crippen molar-refractivity contribution in [2.24, 2.45) is 11.8 Å². The predicted octanol–water partition coefficient (Wildman–Crippen LogP) is 24.7. The van der Waals surface area contributed by atoms with Crippen molar-refractivity contribution in [2.45, 2.75) is 452 Å². The van der Waals surface area contributed by atoms with Crippen molar-refractivity contribution < 1.29 is 80.2 Å². The number of hydrogen-bond donors (Lipinski definition) is 3. The third-order valence-electron chi connectivity index (χ3n) is 19.2. The van der Waals surface area contributed by atoms with Gasteiger partial charge in [-0.3, -0.25) is 37.3 Å². The first-order valence-corrected chi connectivity index (χ1v) is 45.5. The van der Waals surface area contributed by atoms with Crippen molar-refractivity contribution in [3.63, 3.8) is 0 Å². The number of rotatable bonds is 81. The van der Waals surface area contributed by atoms with E-state index in [4.69, 9.17) is 37.0 Å². The largest absolute Gasteiger partial charge is 0.472 e. The average molecular weight is 1480 g/mol. The molecule has 0 aromatic carbocycles. The molecular weight excluding hydrogens is 1320 g/mol. The van der Waals surface area contributed by atoms with E-state index >= 15 is 0 Å². The Morgan fingerprint density at radius 1 is 0.267 bits per heavy atom. The molecular formula is C82H160O17P2. The van der Waals surface area contributed by atoms with Crippen LogP contribution in [-0.4, -0.2) is 96.7 Å². The van der Waals surface area contributed by atoms with Crippen molar-refractivity contribution in [1.29, 1.82) is 0 Å². The Bertz CT molecular complexity index is 1940. The third kappa shape index (κ3) is 76.1. The van der Waals surface area contributed by atoms with Gasteiger partial charge in [-0.2, -0.15) is 0 Å². The van der Waals surface area contributed by atoms with Crippen LogP contribution in [0.3, 0.4) is 0 Å². The molecule has 0 saturated carbocycles. The van der Waals surface area contributed by atoms with Crippen LogP contribution in [0.2, 0.25) is 0 Å². The van der Waals surface area contributed by atoms with Crippen LogP contribution in [0.1, 0.15) is 433 Å². The minimum Gasteiger partial charge on any atom is -0.462 e. The van der Waals surface area contributed by atoms with Gasteiger partial charge in [0.1, 0.15) is 19.3 Å². The molecule has 0 aromatic rings. The van der Waals surface area contributed by atoms with Crippen molar-refractivity contribution in [1.82, 2.24) is 0 Å². The van der Waals surface area contributed by atoms with Gasteiger partial charge >= 0.3 is 39.5 Å². The number of unbranched alkanes of at least 4 members (excludes halogenated alkanes) is 51. The van der Waals surface area contributed by atoms with Gasteiger partial charge in [-0.1, -0.05) is 382 Å². The Balaban J connectivity index is 5.26. The molecule has 0 heterocycles. The molecule has 0 radical (unpaired) electrons. The second-order valence-electron chi connectivity index (χ2n) is 30.5. The molecule has 0 rings (SSSR count). The maximum atomic E-state index is 13.1. The van der Waals surface area contributed by atoms with E-state index in [1.165, 1.54) is 250 Å². The summed E-state index contributed by atoms with van der Waals surface area (Å²) in [6, 6.07) is 0. The zero-order chi connectivity index (χ0) is 74.2. The topological polar surface area (TPSA) is 237 Å². The van der Waals surface area contributed by atoms with Crippen LogP contribution in [0.5, 0.6) is 0 Å². The van der Waals surface area contributed by atoms with Crippen molar-refractivity contribution >= 4 is 39.5 Å². The molecule has 17 nitrogen and oxygen atoms in total. The molecule has 0 aliphatic heterocycles. The van der Waals surface area contributed by atoms with E-state index in [2.05, 4.69) is 41.5 Å². The standard InChI is InChI=1S/C82H160O17P2/c1-7-9-11-13-15-17-19-21-23-24-25-26-27-29-35-43-49-55-61-67-82(87)98-77(70-92-79(84)64-58-52-46-40-33-31-30-32-38-44-50-56-62-74(3)4)72-96-100(88,89)94-68-76(83)69-95-101(90,91)97-73-78(71-93-80(85)65-59-53-47-41-37-36-39-45-51-57-63-75(5)6)99-81(86)66-60-54-48-42-34-28-22-20-18-16-14-12-10-8-2/h74-78,83H,7-73H2,1-6H3,(H,88,89)(H,90,91)/t76-,77-,78-/m1/s1. The number of esters is 4. The molecule has 5 atom stereocenters. The summed E-state index contributed by atoms with van der Waals surface area (Å²) in [5, 5.41) is 10.7. The first-order valence-electron chi connectivity index (χ1n) is 42.5. The van der Waals surface area contributed by atoms with Crippen molar-refractivity contribution in [3.8, 4) is 0 Å². The number of phosphoric acid groups is 2. The molecule has 101 heavy (non-hydrogen) atoms. The van der Waals surface area contributed by atoms with Gasteiger partial charge in [0.15, 0.2) is 12.2 Å². The zero-order valence-electron chi connectivity index (χ0n) is 66.2. The van der Waals surface area contributed by atoms with E-state index in [-0.39, 0.29) is 25.7 Å². The minimum absolute atomic E-state index is 0.108. The molecule has 3 N–H and O–H groups in total. The molecule has 2 unspecified atom stereocenters. The first kappa shape index (κ1) is 99.1. The van der Waals surface area contributed by atoms with Gasteiger partial charge in [0, 0.05) is 25.7 Å². The van der Waals surface area contributed by atoms with Crippen LogP contribution in [0, 0.1) is 11.8 Å². The number of carbonyl (C=O) groups is 4. The number of carbonyl (C=O) groups excluding carboxylic acids is 4. The maximum absolute atomic E-state index is 13.1. The lowest BCUT2D eigenvalue weighted by Gasteiger charge is -2.21. The van der Waals surface area contributed by atoms with E-state index in [0.29, 0.717) is 25.7 Å². The maximum Gasteiger partial charge on any atom is 0.472 e. The van der Waals surface area contributed by atoms with Gasteiger partial charge < -0.3 is 33.8 Å². The number of ether oxygens (including phenoxy) is 4. The summed E-state index contributed by atoms with van der Waals surface area (Å²) in [7, 11) is -9.92. The molecule has 0 bridgehead atoms. The van der Waals surface area contributed by atoms with Crippen molar-refractivity contribution in [3.05, 3.63) is 0 Å². The summed E-state index contributed by atoms with van der Waals surface area (Å²) < 4.78 is 68.8. The molecule has 0 fully saturated rings. The summed E-state index contributed by atoms with van der Waals surface area (Å²) in [5.41, 5.74) is 0. The van der Waals surface area contributed by atoms with E-state index < -0.39 is 97.5 Å². The summed E-state index contributed by atoms with van der Waals surface area (Å²) in [5.74, 6) is -0.565. The quantitative estimate of drug-likeness (QED) is 0.0222. The molecule has 19 heteroatoms. The Labute approximate surface area is 619 Å². The second kappa shape index (κ2) is 73.6. The molecule has 0 amide bonds. The van der Waals surface area contributed by atoms with Crippen LogP contribution >= 0.6 is 15.6 Å². The van der Waals surface area contributed by atoms with Gasteiger partial charge in [0.2, 0.25) is 0 Å². The summed E-state index contributed by atoms with van der Waals surface area (Å²) in [6.45, 7) is 9.66. The van der Waals surface area contributed by atoms with Crippen LogP contribution < -0.4 is 0 Å². The lowest BCUT2D eigenvalue weighted by Crippen LogP contribution is -2.30. The number of aliphatic hydroxyl groups is 1. The highest BCUT2D eigenvalue weighted by atomic mass is 31.2. The van der Waals surface area contributed by atoms with Crippen LogP contribution in [0.15, 0.2) is 0 Å². The summed E-state index contributed by atoms with van der Waals surface area (Å²) >= 11 is 0. The molecule has 0 aromatic heterocycles. The zero-order valence-corrected chi connectivity index (χ0v) is 68.0. The fourth-order valence-corrected chi connectivity index (χ4v) is 14.3. The Kier molecular flexibility index (Phi) is 72.2. The molecule has 0 spiro atoms. The number of hydrogen-bond acceptors (Lipinski definition) is 15. The third-order valence-corrected chi connectivity index (χ3v) is 21.1. The van der Waals surface area contributed by atoms with Gasteiger partial charge in [-0.15, -0.1) is 0 Å². The first-order chi connectivity index (χ1) is 48.9. The highest BCUT2D eigenvalue weighted by molar-refractivity contribution is 7.47. The van der Waals surface area contributed by atoms with Crippen LogP contribution in [-0.2, 0) is 65.4 Å². The highest BCUT2D eigenvalue weighted by Crippen LogP contribution is 2.45. The van der Waals surface area contributed by atoms with Gasteiger partial charge in [-0.25, -0.2) is 9.13 Å². The fraction of sp³-hybridized carbons (Fsp3) is 0.951. The molecule has 0 saturated heterocycles. The number of aliphatic hydroxyl groups excluding tert-OH is 1. The Morgan fingerprint density at radius 3 is 0.673 bits per heavy atom.